The summed E-state index contributed by atoms with van der Waals surface area (Å²) in [6, 6.07) is -0.209. The highest BCUT2D eigenvalue weighted by molar-refractivity contribution is 8.00. The molecule has 2 bridgehead atoms. The standard InChI is InChI=1S/C8H13BO3S/c1-10-3-8-4-13-5(6(8)11-2)7(9)12-8/h5-7H,3-4H2,1-2H3/t5?,6-,7+,8+/m0/s1. The van der Waals surface area contributed by atoms with E-state index in [1.807, 2.05) is 11.8 Å². The van der Waals surface area contributed by atoms with Crippen LogP contribution in [-0.4, -0.2) is 57.4 Å². The second-order valence-electron chi connectivity index (χ2n) is 3.51. The molecule has 2 radical (unpaired) electrons. The molecule has 2 rings (SSSR count). The van der Waals surface area contributed by atoms with Crippen molar-refractivity contribution in [1.82, 2.24) is 0 Å². The smallest absolute Gasteiger partial charge is 0.127 e. The minimum Gasteiger partial charge on any atom is -0.382 e. The molecule has 13 heavy (non-hydrogen) atoms. The van der Waals surface area contributed by atoms with Crippen molar-refractivity contribution in [2.45, 2.75) is 23.0 Å². The second kappa shape index (κ2) is 3.46. The SMILES string of the molecule is [B][C@@H]1O[C@]2(COC)CSC1[C@@H]2OC. The molecule has 0 aromatic rings. The first-order valence-corrected chi connectivity index (χ1v) is 5.35. The van der Waals surface area contributed by atoms with E-state index in [1.54, 1.807) is 14.2 Å². The zero-order valence-electron chi connectivity index (χ0n) is 7.86. The van der Waals surface area contributed by atoms with E-state index in [9.17, 15) is 0 Å². The van der Waals surface area contributed by atoms with Crippen molar-refractivity contribution in [1.29, 1.82) is 0 Å². The van der Waals surface area contributed by atoms with E-state index in [0.717, 1.165) is 5.75 Å². The van der Waals surface area contributed by atoms with Gasteiger partial charge < -0.3 is 14.2 Å². The van der Waals surface area contributed by atoms with Crippen LogP contribution in [0, 0.1) is 0 Å². The Kier molecular flexibility index (Phi) is 2.62. The summed E-state index contributed by atoms with van der Waals surface area (Å²) in [4.78, 5) is 0. The number of thioether (sulfide) groups is 1. The van der Waals surface area contributed by atoms with Gasteiger partial charge in [0.2, 0.25) is 0 Å². The van der Waals surface area contributed by atoms with Gasteiger partial charge >= 0.3 is 0 Å². The molecule has 5 heteroatoms. The molecule has 2 aliphatic rings. The second-order valence-corrected chi connectivity index (χ2v) is 4.68. The number of fused-ring (bicyclic) bond motifs is 2. The summed E-state index contributed by atoms with van der Waals surface area (Å²) in [7, 11) is 9.20. The summed E-state index contributed by atoms with van der Waals surface area (Å²) in [5.74, 6) is 0.914. The minimum absolute atomic E-state index is 0.0763. The van der Waals surface area contributed by atoms with Crippen molar-refractivity contribution in [2.24, 2.45) is 0 Å². The number of hydrogen-bond acceptors (Lipinski definition) is 4. The van der Waals surface area contributed by atoms with E-state index >= 15 is 0 Å². The summed E-state index contributed by atoms with van der Waals surface area (Å²) in [5, 5.41) is 0.264. The number of ether oxygens (including phenoxy) is 3. The predicted octanol–water partition coefficient (Wildman–Crippen LogP) is 0.0268. The fourth-order valence-corrected chi connectivity index (χ4v) is 3.73. The van der Waals surface area contributed by atoms with E-state index in [1.165, 1.54) is 0 Å². The maximum absolute atomic E-state index is 5.82. The van der Waals surface area contributed by atoms with Crippen LogP contribution < -0.4 is 0 Å². The highest BCUT2D eigenvalue weighted by Crippen LogP contribution is 2.48. The molecule has 3 nitrogen and oxygen atoms in total. The van der Waals surface area contributed by atoms with Crippen LogP contribution in [0.3, 0.4) is 0 Å². The number of methoxy groups -OCH3 is 2. The Morgan fingerprint density at radius 1 is 1.62 bits per heavy atom. The average Bonchev–Trinajstić information content (AvgIpc) is 2.55. The number of rotatable bonds is 3. The third kappa shape index (κ3) is 1.33. The summed E-state index contributed by atoms with van der Waals surface area (Å²) >= 11 is 1.82. The maximum Gasteiger partial charge on any atom is 0.127 e. The normalized spacial score (nSPS) is 48.6. The van der Waals surface area contributed by atoms with Crippen LogP contribution in [0.15, 0.2) is 0 Å². The summed E-state index contributed by atoms with van der Waals surface area (Å²) < 4.78 is 16.3. The van der Waals surface area contributed by atoms with Crippen molar-refractivity contribution in [3.05, 3.63) is 0 Å². The maximum atomic E-state index is 5.82. The van der Waals surface area contributed by atoms with Crippen LogP contribution in [-0.2, 0) is 14.2 Å². The molecule has 0 aliphatic carbocycles. The van der Waals surface area contributed by atoms with Crippen molar-refractivity contribution < 1.29 is 14.2 Å². The van der Waals surface area contributed by atoms with E-state index < -0.39 is 0 Å². The van der Waals surface area contributed by atoms with Crippen LogP contribution in [0.1, 0.15) is 0 Å². The Morgan fingerprint density at radius 3 is 2.92 bits per heavy atom. The van der Waals surface area contributed by atoms with Gasteiger partial charge in [-0.25, -0.2) is 0 Å². The topological polar surface area (TPSA) is 27.7 Å². The zero-order valence-corrected chi connectivity index (χ0v) is 8.67. The van der Waals surface area contributed by atoms with Crippen molar-refractivity contribution in [3.63, 3.8) is 0 Å². The molecule has 1 unspecified atom stereocenters. The molecule has 0 saturated carbocycles. The van der Waals surface area contributed by atoms with Crippen LogP contribution in [0.4, 0.5) is 0 Å². The first-order chi connectivity index (χ1) is 6.23. The Morgan fingerprint density at radius 2 is 2.38 bits per heavy atom. The summed E-state index contributed by atoms with van der Waals surface area (Å²) in [5.41, 5.74) is -0.307. The van der Waals surface area contributed by atoms with E-state index in [0.29, 0.717) is 6.61 Å². The lowest BCUT2D eigenvalue weighted by Crippen LogP contribution is -2.45. The molecule has 2 heterocycles. The lowest BCUT2D eigenvalue weighted by Gasteiger charge is -2.30. The molecule has 72 valence electrons. The van der Waals surface area contributed by atoms with Gasteiger partial charge in [0.1, 0.15) is 19.6 Å². The van der Waals surface area contributed by atoms with Crippen molar-refractivity contribution >= 4 is 19.6 Å². The van der Waals surface area contributed by atoms with E-state index in [-0.39, 0.29) is 23.0 Å². The van der Waals surface area contributed by atoms with Crippen LogP contribution in [0.25, 0.3) is 0 Å². The molecule has 0 aromatic heterocycles. The molecule has 2 saturated heterocycles. The van der Waals surface area contributed by atoms with Gasteiger partial charge in [0.05, 0.1) is 11.9 Å². The lowest BCUT2D eigenvalue weighted by atomic mass is 9.93. The van der Waals surface area contributed by atoms with Crippen molar-refractivity contribution in [2.75, 3.05) is 26.6 Å². The predicted molar refractivity (Wildman–Crippen MR) is 52.3 cm³/mol. The van der Waals surface area contributed by atoms with E-state index in [4.69, 9.17) is 22.1 Å². The Balaban J connectivity index is 2.17. The van der Waals surface area contributed by atoms with Crippen LogP contribution in [0.5, 0.6) is 0 Å². The quantitative estimate of drug-likeness (QED) is 0.600. The van der Waals surface area contributed by atoms with Gasteiger partial charge in [-0.05, 0) is 0 Å². The monoisotopic (exact) mass is 200 g/mol. The molecular formula is C8H13BO3S. The molecular weight excluding hydrogens is 187 g/mol. The molecule has 2 aliphatic heterocycles. The first kappa shape index (κ1) is 9.83. The zero-order chi connectivity index (χ0) is 9.47. The third-order valence-corrected chi connectivity index (χ3v) is 4.23. The molecule has 0 N–H and O–H groups in total. The molecule has 0 spiro atoms. The van der Waals surface area contributed by atoms with Crippen LogP contribution >= 0.6 is 11.8 Å². The minimum atomic E-state index is -0.307. The highest BCUT2D eigenvalue weighted by atomic mass is 32.2. The Hall–Kier alpha value is 0.295. The first-order valence-electron chi connectivity index (χ1n) is 4.30. The van der Waals surface area contributed by atoms with Gasteiger partial charge in [0.25, 0.3) is 0 Å². The molecule has 4 atom stereocenters. The van der Waals surface area contributed by atoms with Gasteiger partial charge in [0, 0.05) is 26.0 Å². The fraction of sp³-hybridized carbons (Fsp3) is 1.00. The van der Waals surface area contributed by atoms with E-state index in [2.05, 4.69) is 0 Å². The largest absolute Gasteiger partial charge is 0.382 e. The van der Waals surface area contributed by atoms with Gasteiger partial charge in [-0.3, -0.25) is 0 Å². The van der Waals surface area contributed by atoms with Crippen LogP contribution in [0.2, 0.25) is 0 Å². The molecule has 2 fully saturated rings. The summed E-state index contributed by atoms with van der Waals surface area (Å²) in [6.45, 7) is 0.558. The van der Waals surface area contributed by atoms with Gasteiger partial charge in [-0.15, -0.1) is 0 Å². The van der Waals surface area contributed by atoms with Gasteiger partial charge in [-0.2, -0.15) is 11.8 Å². The average molecular weight is 200 g/mol. The Bertz CT molecular complexity index is 204. The number of hydrogen-bond donors (Lipinski definition) is 0. The van der Waals surface area contributed by atoms with Gasteiger partial charge in [-0.1, -0.05) is 0 Å². The highest BCUT2D eigenvalue weighted by Gasteiger charge is 2.59. The van der Waals surface area contributed by atoms with Gasteiger partial charge in [0.15, 0.2) is 0 Å². The Labute approximate surface area is 83.9 Å². The molecule has 0 aromatic carbocycles. The lowest BCUT2D eigenvalue weighted by molar-refractivity contribution is -0.0981. The third-order valence-electron chi connectivity index (χ3n) is 2.67. The molecule has 0 amide bonds. The van der Waals surface area contributed by atoms with Crippen molar-refractivity contribution in [3.8, 4) is 0 Å². The fourth-order valence-electron chi connectivity index (χ4n) is 2.16. The summed E-state index contributed by atoms with van der Waals surface area (Å²) in [6.07, 6.45) is 0.0763.